The van der Waals surface area contributed by atoms with Crippen LogP contribution in [-0.2, 0) is 35.7 Å². The molecule has 3 aliphatic rings. The predicted octanol–water partition coefficient (Wildman–Crippen LogP) is 2.67. The zero-order chi connectivity index (χ0) is 19.7. The zero-order valence-corrected chi connectivity index (χ0v) is 17.5. The van der Waals surface area contributed by atoms with Crippen LogP contribution >= 0.6 is 0 Å². The van der Waals surface area contributed by atoms with E-state index in [4.69, 9.17) is 0 Å². The molecular formula is C21H31N3O3S. The predicted molar refractivity (Wildman–Crippen MR) is 111 cm³/mol. The first-order valence-corrected chi connectivity index (χ1v) is 12.3. The van der Waals surface area contributed by atoms with Gasteiger partial charge in [0.2, 0.25) is 10.0 Å². The van der Waals surface area contributed by atoms with E-state index in [1.54, 1.807) is 4.90 Å². The summed E-state index contributed by atoms with van der Waals surface area (Å²) in [5.74, 6) is 0. The Morgan fingerprint density at radius 2 is 1.75 bits per heavy atom. The highest BCUT2D eigenvalue weighted by Crippen LogP contribution is 2.40. The molecular weight excluding hydrogens is 374 g/mol. The number of urea groups is 1. The van der Waals surface area contributed by atoms with Gasteiger partial charge in [0.25, 0.3) is 0 Å². The monoisotopic (exact) mass is 405 g/mol. The van der Waals surface area contributed by atoms with E-state index in [-0.39, 0.29) is 0 Å². The first-order chi connectivity index (χ1) is 13.5. The van der Waals surface area contributed by atoms with Gasteiger partial charge in [-0.1, -0.05) is 6.07 Å². The fraction of sp³-hybridized carbons (Fsp3) is 0.667. The summed E-state index contributed by atoms with van der Waals surface area (Å²) in [7, 11) is -3.68. The number of anilines is 1. The molecule has 7 heteroatoms. The first-order valence-electron chi connectivity index (χ1n) is 10.7. The summed E-state index contributed by atoms with van der Waals surface area (Å²) in [6, 6.07) is 1.84. The maximum atomic E-state index is 13.1. The average Bonchev–Trinajstić information content (AvgIpc) is 3.22. The van der Waals surface area contributed by atoms with Crippen molar-refractivity contribution in [2.45, 2.75) is 70.0 Å². The minimum absolute atomic E-state index is 0.469. The van der Waals surface area contributed by atoms with Crippen molar-refractivity contribution in [3.8, 4) is 0 Å². The van der Waals surface area contributed by atoms with E-state index < -0.39 is 21.3 Å². The SMILES string of the molecule is CCN(C(=O)NS(=O)(=O)C1CCCNCC1)c1c2c(cc3c1CCC3)CCC2. The minimum atomic E-state index is -3.68. The van der Waals surface area contributed by atoms with Crippen LogP contribution < -0.4 is 14.9 Å². The molecule has 2 amide bonds. The van der Waals surface area contributed by atoms with Gasteiger partial charge >= 0.3 is 6.03 Å². The van der Waals surface area contributed by atoms with Gasteiger partial charge in [0.05, 0.1) is 10.9 Å². The van der Waals surface area contributed by atoms with Crippen LogP contribution in [0, 0.1) is 0 Å². The van der Waals surface area contributed by atoms with Gasteiger partial charge in [0.15, 0.2) is 0 Å². The summed E-state index contributed by atoms with van der Waals surface area (Å²) in [6.45, 7) is 3.91. The van der Waals surface area contributed by atoms with E-state index in [2.05, 4.69) is 16.1 Å². The third-order valence-electron chi connectivity index (χ3n) is 6.46. The number of benzene rings is 1. The number of hydrogen-bond acceptors (Lipinski definition) is 4. The van der Waals surface area contributed by atoms with Crippen molar-refractivity contribution in [3.63, 3.8) is 0 Å². The lowest BCUT2D eigenvalue weighted by atomic mass is 9.98. The maximum Gasteiger partial charge on any atom is 0.335 e. The van der Waals surface area contributed by atoms with Crippen LogP contribution in [0.4, 0.5) is 10.5 Å². The molecule has 2 N–H and O–H groups in total. The fourth-order valence-electron chi connectivity index (χ4n) is 5.07. The van der Waals surface area contributed by atoms with Crippen molar-refractivity contribution < 1.29 is 13.2 Å². The van der Waals surface area contributed by atoms with Crippen molar-refractivity contribution in [1.29, 1.82) is 0 Å². The molecule has 6 nitrogen and oxygen atoms in total. The van der Waals surface area contributed by atoms with Gasteiger partial charge in [-0.05, 0) is 100 Å². The fourth-order valence-corrected chi connectivity index (χ4v) is 6.50. The molecule has 2 aliphatic carbocycles. The van der Waals surface area contributed by atoms with E-state index in [9.17, 15) is 13.2 Å². The quantitative estimate of drug-likeness (QED) is 0.807. The third-order valence-corrected chi connectivity index (χ3v) is 8.27. The molecule has 0 spiro atoms. The molecule has 1 unspecified atom stereocenters. The molecule has 0 radical (unpaired) electrons. The number of nitrogens with one attached hydrogen (secondary N) is 2. The molecule has 1 aliphatic heterocycles. The molecule has 1 saturated heterocycles. The number of nitrogens with zero attached hydrogens (tertiary/aromatic N) is 1. The summed E-state index contributed by atoms with van der Waals surface area (Å²) in [5, 5.41) is 2.73. The number of fused-ring (bicyclic) bond motifs is 2. The van der Waals surface area contributed by atoms with Crippen molar-refractivity contribution in [3.05, 3.63) is 28.3 Å². The van der Waals surface area contributed by atoms with Crippen molar-refractivity contribution >= 4 is 21.7 Å². The van der Waals surface area contributed by atoms with Crippen molar-refractivity contribution in [1.82, 2.24) is 10.0 Å². The standard InChI is InChI=1S/C21H31N3O3S/c1-2-24(21(25)23-28(26,27)17-8-5-12-22-13-11-17)20-18-9-3-6-15(18)14-16-7-4-10-19(16)20/h14,17,22H,2-13H2,1H3,(H,23,25). The Hall–Kier alpha value is -1.60. The van der Waals surface area contributed by atoms with Crippen LogP contribution in [-0.4, -0.2) is 39.3 Å². The van der Waals surface area contributed by atoms with Crippen LogP contribution in [0.1, 0.15) is 61.3 Å². The lowest BCUT2D eigenvalue weighted by molar-refractivity contribution is 0.251. The Bertz CT molecular complexity index is 826. The Morgan fingerprint density at radius 1 is 1.07 bits per heavy atom. The summed E-state index contributed by atoms with van der Waals surface area (Å²) in [4.78, 5) is 14.8. The largest absolute Gasteiger partial charge is 0.335 e. The van der Waals surface area contributed by atoms with Crippen LogP contribution in [0.25, 0.3) is 0 Å². The lowest BCUT2D eigenvalue weighted by Crippen LogP contribution is -2.47. The summed E-state index contributed by atoms with van der Waals surface area (Å²) in [5.41, 5.74) is 6.21. The summed E-state index contributed by atoms with van der Waals surface area (Å²) >= 11 is 0. The maximum absolute atomic E-state index is 13.1. The summed E-state index contributed by atoms with van der Waals surface area (Å²) < 4.78 is 28.2. The number of hydrogen-bond donors (Lipinski definition) is 2. The second kappa shape index (κ2) is 8.03. The van der Waals surface area contributed by atoms with Gasteiger partial charge in [-0.15, -0.1) is 0 Å². The molecule has 1 aromatic carbocycles. The Labute approximate surface area is 168 Å². The van der Waals surface area contributed by atoms with Crippen LogP contribution in [0.2, 0.25) is 0 Å². The molecule has 0 aromatic heterocycles. The second-order valence-electron chi connectivity index (χ2n) is 8.21. The van der Waals surface area contributed by atoms with Gasteiger partial charge < -0.3 is 5.32 Å². The van der Waals surface area contributed by atoms with Crippen LogP contribution in [0.3, 0.4) is 0 Å². The molecule has 4 rings (SSSR count). The van der Waals surface area contributed by atoms with Crippen molar-refractivity contribution in [2.75, 3.05) is 24.5 Å². The number of amides is 2. The molecule has 0 bridgehead atoms. The van der Waals surface area contributed by atoms with E-state index in [1.165, 1.54) is 22.3 Å². The molecule has 1 atom stereocenters. The Balaban J connectivity index is 1.62. The number of carbonyl (C=O) groups is 1. The highest BCUT2D eigenvalue weighted by Gasteiger charge is 2.33. The van der Waals surface area contributed by atoms with Gasteiger partial charge in [-0.3, -0.25) is 4.90 Å². The molecule has 0 saturated carbocycles. The van der Waals surface area contributed by atoms with Gasteiger partial charge in [0, 0.05) is 6.54 Å². The van der Waals surface area contributed by atoms with E-state index in [0.717, 1.165) is 57.2 Å². The number of sulfonamides is 1. The van der Waals surface area contributed by atoms with Gasteiger partial charge in [-0.2, -0.15) is 0 Å². The highest BCUT2D eigenvalue weighted by molar-refractivity contribution is 7.90. The normalized spacial score (nSPS) is 21.7. The van der Waals surface area contributed by atoms with Crippen LogP contribution in [0.5, 0.6) is 0 Å². The third kappa shape index (κ3) is 3.66. The molecule has 1 heterocycles. The average molecular weight is 406 g/mol. The van der Waals surface area contributed by atoms with E-state index in [0.29, 0.717) is 25.9 Å². The molecule has 1 fully saturated rings. The number of aryl methyl sites for hydroxylation is 2. The summed E-state index contributed by atoms with van der Waals surface area (Å²) in [6.07, 6.45) is 8.24. The first kappa shape index (κ1) is 19.7. The van der Waals surface area contributed by atoms with Crippen LogP contribution in [0.15, 0.2) is 6.07 Å². The van der Waals surface area contributed by atoms with Crippen molar-refractivity contribution in [2.24, 2.45) is 0 Å². The topological polar surface area (TPSA) is 78.5 Å². The Morgan fingerprint density at radius 3 is 2.39 bits per heavy atom. The Kier molecular flexibility index (Phi) is 5.65. The minimum Gasteiger partial charge on any atom is -0.317 e. The second-order valence-corrected chi connectivity index (χ2v) is 10.2. The molecule has 154 valence electrons. The van der Waals surface area contributed by atoms with Gasteiger partial charge in [-0.25, -0.2) is 17.9 Å². The van der Waals surface area contributed by atoms with E-state index in [1.807, 2.05) is 6.92 Å². The smallest absolute Gasteiger partial charge is 0.317 e. The zero-order valence-electron chi connectivity index (χ0n) is 16.7. The molecule has 28 heavy (non-hydrogen) atoms. The highest BCUT2D eigenvalue weighted by atomic mass is 32.2. The number of carbonyl (C=O) groups excluding carboxylic acids is 1. The number of rotatable bonds is 4. The van der Waals surface area contributed by atoms with Gasteiger partial charge in [0.1, 0.15) is 0 Å². The molecule has 1 aromatic rings. The van der Waals surface area contributed by atoms with E-state index >= 15 is 0 Å². The lowest BCUT2D eigenvalue weighted by Gasteiger charge is -2.28.